The number of carboxylic acids is 1. The normalized spacial score (nSPS) is 19.8. The number of aromatic nitrogens is 2. The van der Waals surface area contributed by atoms with E-state index in [0.717, 1.165) is 16.5 Å². The Balaban J connectivity index is 1.26. The molecule has 0 bridgehead atoms. The molecule has 3 aliphatic rings. The summed E-state index contributed by atoms with van der Waals surface area (Å²) in [5, 5.41) is 23.0. The molecule has 0 saturated carbocycles. The second-order valence-electron chi connectivity index (χ2n) is 12.0. The van der Waals surface area contributed by atoms with E-state index in [2.05, 4.69) is 5.32 Å². The number of carbonyl (C=O) groups excluding carboxylic acids is 3. The SMILES string of the molecule is CCc1c2c(nc3ccc(O)cc13)-c1cc3c(c(=O)n1C2)COC(=O)C3(CC)OC(=O)CCC(=O)NC(CC1C=CC=CC1)C(=O)O. The van der Waals surface area contributed by atoms with Gasteiger partial charge < -0.3 is 29.6 Å². The average Bonchev–Trinajstić information content (AvgIpc) is 3.42. The van der Waals surface area contributed by atoms with Crippen LogP contribution in [-0.4, -0.2) is 49.6 Å². The Morgan fingerprint density at radius 3 is 2.66 bits per heavy atom. The fraction of sp³-hybridized carbons (Fsp3) is 0.371. The number of aromatic hydroxyl groups is 1. The molecule has 3 atom stereocenters. The predicted octanol–water partition coefficient (Wildman–Crippen LogP) is 3.77. The second-order valence-corrected chi connectivity index (χ2v) is 12.0. The van der Waals surface area contributed by atoms with Gasteiger partial charge in [0.05, 0.1) is 35.4 Å². The van der Waals surface area contributed by atoms with Gasteiger partial charge in [0.2, 0.25) is 11.5 Å². The number of amides is 1. The van der Waals surface area contributed by atoms with Crippen molar-refractivity contribution in [2.75, 3.05) is 0 Å². The first-order valence-electron chi connectivity index (χ1n) is 15.7. The topological polar surface area (TPSA) is 174 Å². The summed E-state index contributed by atoms with van der Waals surface area (Å²) in [4.78, 5) is 69.7. The molecule has 12 nitrogen and oxygen atoms in total. The van der Waals surface area contributed by atoms with Crippen molar-refractivity contribution in [3.8, 4) is 17.1 Å². The molecule has 0 fully saturated rings. The van der Waals surface area contributed by atoms with E-state index in [1.54, 1.807) is 35.8 Å². The summed E-state index contributed by atoms with van der Waals surface area (Å²) in [6, 6.07) is 5.43. The fourth-order valence-corrected chi connectivity index (χ4v) is 6.77. The van der Waals surface area contributed by atoms with E-state index >= 15 is 0 Å². The smallest absolute Gasteiger partial charge is 0.355 e. The Bertz CT molecular complexity index is 1940. The highest BCUT2D eigenvalue weighted by molar-refractivity contribution is 5.91. The average molecular weight is 642 g/mol. The quantitative estimate of drug-likeness (QED) is 0.216. The molecule has 0 saturated heterocycles. The molecule has 2 aliphatic heterocycles. The minimum absolute atomic E-state index is 0.0401. The number of phenolic OH excluding ortho intramolecular Hbond substituents is 1. The number of allylic oxidation sites excluding steroid dienone is 4. The Morgan fingerprint density at radius 1 is 1.15 bits per heavy atom. The van der Waals surface area contributed by atoms with Crippen molar-refractivity contribution in [3.63, 3.8) is 0 Å². The number of ether oxygens (including phenoxy) is 2. The van der Waals surface area contributed by atoms with E-state index in [-0.39, 0.29) is 55.2 Å². The van der Waals surface area contributed by atoms with Crippen LogP contribution in [0.25, 0.3) is 22.3 Å². The van der Waals surface area contributed by atoms with Crippen LogP contribution in [0.3, 0.4) is 0 Å². The molecule has 1 aromatic carbocycles. The van der Waals surface area contributed by atoms with Crippen molar-refractivity contribution in [1.82, 2.24) is 14.9 Å². The van der Waals surface area contributed by atoms with E-state index in [0.29, 0.717) is 29.7 Å². The zero-order chi connectivity index (χ0) is 33.5. The molecular formula is C35H35N3O9. The lowest BCUT2D eigenvalue weighted by molar-refractivity contribution is -0.189. The second kappa shape index (κ2) is 12.5. The molecule has 6 rings (SSSR count). The van der Waals surface area contributed by atoms with Crippen molar-refractivity contribution in [2.45, 2.75) is 77.2 Å². The summed E-state index contributed by atoms with van der Waals surface area (Å²) in [6.45, 7) is 3.57. The molecule has 0 radical (unpaired) electrons. The van der Waals surface area contributed by atoms with Gasteiger partial charge in [0.1, 0.15) is 18.4 Å². The first-order chi connectivity index (χ1) is 22.6. The third kappa shape index (κ3) is 5.68. The van der Waals surface area contributed by atoms with Gasteiger partial charge in [0.25, 0.3) is 5.56 Å². The van der Waals surface area contributed by atoms with Gasteiger partial charge in [0.15, 0.2) is 0 Å². The number of carboxylic acid groups (broad SMARTS) is 1. The van der Waals surface area contributed by atoms with E-state index in [9.17, 15) is 34.2 Å². The Kier molecular flexibility index (Phi) is 8.43. The zero-order valence-electron chi connectivity index (χ0n) is 26.1. The Hall–Kier alpha value is -5.26. The van der Waals surface area contributed by atoms with Crippen LogP contribution in [0.1, 0.15) is 68.2 Å². The van der Waals surface area contributed by atoms with Crippen LogP contribution >= 0.6 is 0 Å². The number of phenols is 1. The molecule has 0 spiro atoms. The maximum Gasteiger partial charge on any atom is 0.355 e. The number of hydrogen-bond donors (Lipinski definition) is 3. The van der Waals surface area contributed by atoms with Gasteiger partial charge in [-0.25, -0.2) is 14.6 Å². The third-order valence-electron chi connectivity index (χ3n) is 9.20. The van der Waals surface area contributed by atoms with Crippen LogP contribution in [0.4, 0.5) is 0 Å². The number of carbonyl (C=O) groups is 4. The van der Waals surface area contributed by atoms with Crippen molar-refractivity contribution >= 4 is 34.7 Å². The van der Waals surface area contributed by atoms with E-state index < -0.39 is 47.4 Å². The van der Waals surface area contributed by atoms with Crippen LogP contribution < -0.4 is 10.9 Å². The first kappa shape index (κ1) is 31.7. The number of hydrogen-bond acceptors (Lipinski definition) is 9. The van der Waals surface area contributed by atoms with Gasteiger partial charge in [-0.05, 0) is 61.4 Å². The fourth-order valence-electron chi connectivity index (χ4n) is 6.77. The lowest BCUT2D eigenvalue weighted by Crippen LogP contribution is -2.47. The van der Waals surface area contributed by atoms with Crippen LogP contribution in [0.2, 0.25) is 0 Å². The minimum Gasteiger partial charge on any atom is -0.508 e. The largest absolute Gasteiger partial charge is 0.508 e. The predicted molar refractivity (Wildman–Crippen MR) is 169 cm³/mol. The summed E-state index contributed by atoms with van der Waals surface area (Å²) in [5.41, 5.74) is 1.52. The molecule has 47 heavy (non-hydrogen) atoms. The lowest BCUT2D eigenvalue weighted by atomic mass is 9.85. The Morgan fingerprint density at radius 2 is 1.96 bits per heavy atom. The van der Waals surface area contributed by atoms with Crippen molar-refractivity contribution < 1.29 is 38.9 Å². The summed E-state index contributed by atoms with van der Waals surface area (Å²) < 4.78 is 12.8. The van der Waals surface area contributed by atoms with Gasteiger partial charge >= 0.3 is 17.9 Å². The maximum absolute atomic E-state index is 13.9. The number of esters is 2. The highest BCUT2D eigenvalue weighted by atomic mass is 16.6. The van der Waals surface area contributed by atoms with Gasteiger partial charge in [-0.1, -0.05) is 38.2 Å². The monoisotopic (exact) mass is 641 g/mol. The van der Waals surface area contributed by atoms with E-state index in [1.165, 1.54) is 0 Å². The molecule has 12 heteroatoms. The van der Waals surface area contributed by atoms with Crippen LogP contribution in [-0.2, 0) is 53.8 Å². The zero-order valence-corrected chi connectivity index (χ0v) is 26.1. The number of cyclic esters (lactones) is 1. The number of benzene rings is 1. The summed E-state index contributed by atoms with van der Waals surface area (Å²) in [7, 11) is 0. The van der Waals surface area contributed by atoms with Crippen LogP contribution in [0.15, 0.2) is 53.4 Å². The molecule has 3 aromatic rings. The molecule has 4 heterocycles. The van der Waals surface area contributed by atoms with Gasteiger partial charge in [-0.15, -0.1) is 0 Å². The third-order valence-corrected chi connectivity index (χ3v) is 9.20. The maximum atomic E-state index is 13.9. The van der Waals surface area contributed by atoms with Crippen LogP contribution in [0, 0.1) is 5.92 Å². The number of nitrogens with zero attached hydrogens (tertiary/aromatic N) is 2. The Labute approximate surface area is 269 Å². The minimum atomic E-state index is -1.93. The molecular weight excluding hydrogens is 606 g/mol. The van der Waals surface area contributed by atoms with Gasteiger partial charge in [0, 0.05) is 22.9 Å². The number of rotatable bonds is 10. The lowest BCUT2D eigenvalue weighted by Gasteiger charge is -2.35. The van der Waals surface area contributed by atoms with Crippen LogP contribution in [0.5, 0.6) is 5.75 Å². The number of aryl methyl sites for hydroxylation is 1. The van der Waals surface area contributed by atoms with E-state index in [4.69, 9.17) is 14.5 Å². The van der Waals surface area contributed by atoms with Crippen molar-refractivity contribution in [3.05, 3.63) is 81.2 Å². The molecule has 2 aromatic heterocycles. The number of nitrogens with one attached hydrogen (secondary N) is 1. The van der Waals surface area contributed by atoms with E-state index in [1.807, 2.05) is 31.2 Å². The van der Waals surface area contributed by atoms with Crippen molar-refractivity contribution in [2.24, 2.45) is 5.92 Å². The molecule has 3 unspecified atom stereocenters. The number of aliphatic carboxylic acids is 1. The molecule has 3 N–H and O–H groups in total. The van der Waals surface area contributed by atoms with Gasteiger partial charge in [-0.2, -0.15) is 0 Å². The first-order valence-corrected chi connectivity index (χ1v) is 15.7. The highest BCUT2D eigenvalue weighted by Gasteiger charge is 2.50. The summed E-state index contributed by atoms with van der Waals surface area (Å²) in [5.74, 6) is -3.46. The summed E-state index contributed by atoms with van der Waals surface area (Å²) >= 11 is 0. The number of fused-ring (bicyclic) bond motifs is 5. The number of pyridine rings is 2. The molecule has 1 amide bonds. The molecule has 244 valence electrons. The standard InChI is InChI=1S/C35H35N3O9/c1-3-21-22-15-20(39)10-11-26(22)37-31-23(21)17-38-28(31)16-25-24(32(38)42)18-46-34(45)35(25,4-2)47-30(41)13-12-29(40)36-27(33(43)44)14-19-8-6-5-7-9-19/h5-8,10-11,15-16,19,27,39H,3-4,9,12-14,17-18H2,1-2H3,(H,36,40)(H,43,44). The highest BCUT2D eigenvalue weighted by Crippen LogP contribution is 2.42. The van der Waals surface area contributed by atoms with Crippen molar-refractivity contribution in [1.29, 1.82) is 0 Å². The van der Waals surface area contributed by atoms with Gasteiger partial charge in [-0.3, -0.25) is 14.4 Å². The summed E-state index contributed by atoms with van der Waals surface area (Å²) in [6.07, 6.45) is 8.17. The molecule has 1 aliphatic carbocycles.